The normalized spacial score (nSPS) is 11.3. The van der Waals surface area contributed by atoms with Gasteiger partial charge in [-0.3, -0.25) is 0 Å². The zero-order valence-corrected chi connectivity index (χ0v) is 13.2. The number of imidazole rings is 1. The van der Waals surface area contributed by atoms with Crippen molar-refractivity contribution in [1.29, 1.82) is 0 Å². The molecule has 0 spiro atoms. The molecule has 114 valence electrons. The molecule has 0 bridgehead atoms. The second-order valence-electron chi connectivity index (χ2n) is 5.63. The predicted molar refractivity (Wildman–Crippen MR) is 88.0 cm³/mol. The SMILES string of the molecule is CCn1cnc(NCc2ccccc2)c2nc(C(C)C)nc1-2. The zero-order valence-electron chi connectivity index (χ0n) is 13.2. The van der Waals surface area contributed by atoms with E-state index in [-0.39, 0.29) is 0 Å². The third kappa shape index (κ3) is 2.79. The molecule has 22 heavy (non-hydrogen) atoms. The minimum Gasteiger partial charge on any atom is -0.364 e. The number of aryl methyl sites for hydroxylation is 1. The molecule has 0 saturated heterocycles. The van der Waals surface area contributed by atoms with Crippen molar-refractivity contribution in [2.75, 3.05) is 5.32 Å². The second kappa shape index (κ2) is 6.13. The number of nitrogens with zero attached hydrogens (tertiary/aromatic N) is 4. The third-order valence-corrected chi connectivity index (χ3v) is 3.64. The lowest BCUT2D eigenvalue weighted by atomic mass is 10.2. The first-order valence-corrected chi connectivity index (χ1v) is 7.69. The first-order chi connectivity index (χ1) is 10.7. The van der Waals surface area contributed by atoms with Gasteiger partial charge in [-0.1, -0.05) is 44.2 Å². The second-order valence-corrected chi connectivity index (χ2v) is 5.63. The van der Waals surface area contributed by atoms with Crippen molar-refractivity contribution in [3.63, 3.8) is 0 Å². The number of fused-ring (bicyclic) bond motifs is 1. The highest BCUT2D eigenvalue weighted by Gasteiger charge is 2.20. The Morgan fingerprint density at radius 3 is 2.59 bits per heavy atom. The first kappa shape index (κ1) is 14.5. The van der Waals surface area contributed by atoms with E-state index in [9.17, 15) is 0 Å². The highest BCUT2D eigenvalue weighted by Crippen LogP contribution is 2.28. The summed E-state index contributed by atoms with van der Waals surface area (Å²) in [7, 11) is 0. The summed E-state index contributed by atoms with van der Waals surface area (Å²) in [6, 6.07) is 10.3. The summed E-state index contributed by atoms with van der Waals surface area (Å²) in [5.41, 5.74) is 2.07. The minimum atomic E-state index is 0.305. The van der Waals surface area contributed by atoms with E-state index >= 15 is 0 Å². The van der Waals surface area contributed by atoms with E-state index in [1.54, 1.807) is 0 Å². The molecule has 5 heteroatoms. The largest absolute Gasteiger partial charge is 0.364 e. The van der Waals surface area contributed by atoms with Gasteiger partial charge in [-0.15, -0.1) is 0 Å². The lowest BCUT2D eigenvalue weighted by Crippen LogP contribution is -2.09. The Balaban J connectivity index is 1.92. The van der Waals surface area contributed by atoms with Crippen LogP contribution in [0, 0.1) is 0 Å². The molecule has 0 saturated carbocycles. The van der Waals surface area contributed by atoms with Gasteiger partial charge in [-0.25, -0.2) is 15.0 Å². The van der Waals surface area contributed by atoms with Crippen molar-refractivity contribution in [2.45, 2.75) is 39.8 Å². The standard InChI is InChI=1S/C17H21N5/c1-4-22-11-19-16(18-10-13-8-6-5-7-9-13)14-17(22)21-15(20-14)12(2)3/h5-9,11-12,18H,4,10H2,1-3H3. The monoisotopic (exact) mass is 295 g/mol. The van der Waals surface area contributed by atoms with Crippen LogP contribution in [0.15, 0.2) is 36.7 Å². The number of aromatic nitrogens is 4. The third-order valence-electron chi connectivity index (χ3n) is 3.64. The molecule has 2 aliphatic heterocycles. The van der Waals surface area contributed by atoms with Crippen LogP contribution < -0.4 is 5.32 Å². The molecule has 3 rings (SSSR count). The van der Waals surface area contributed by atoms with Crippen LogP contribution >= 0.6 is 0 Å². The highest BCUT2D eigenvalue weighted by molar-refractivity contribution is 5.67. The fourth-order valence-electron chi connectivity index (χ4n) is 2.35. The van der Waals surface area contributed by atoms with Crippen LogP contribution in [-0.2, 0) is 13.1 Å². The molecule has 0 amide bonds. The van der Waals surface area contributed by atoms with E-state index < -0.39 is 0 Å². The van der Waals surface area contributed by atoms with Crippen LogP contribution in [0.4, 0.5) is 5.82 Å². The number of hydrogen-bond acceptors (Lipinski definition) is 4. The van der Waals surface area contributed by atoms with Gasteiger partial charge >= 0.3 is 0 Å². The van der Waals surface area contributed by atoms with Crippen LogP contribution in [0.2, 0.25) is 0 Å². The summed E-state index contributed by atoms with van der Waals surface area (Å²) in [5, 5.41) is 3.38. The lowest BCUT2D eigenvalue weighted by Gasteiger charge is -2.12. The van der Waals surface area contributed by atoms with Crippen molar-refractivity contribution < 1.29 is 0 Å². The number of benzene rings is 1. The van der Waals surface area contributed by atoms with E-state index in [1.165, 1.54) is 5.56 Å². The highest BCUT2D eigenvalue weighted by atomic mass is 15.2. The van der Waals surface area contributed by atoms with Crippen LogP contribution in [0.3, 0.4) is 0 Å². The van der Waals surface area contributed by atoms with E-state index in [0.29, 0.717) is 5.92 Å². The van der Waals surface area contributed by atoms with Gasteiger partial charge in [-0.2, -0.15) is 0 Å². The minimum absolute atomic E-state index is 0.305. The lowest BCUT2D eigenvalue weighted by molar-refractivity contribution is 0.725. The van der Waals surface area contributed by atoms with Crippen molar-refractivity contribution in [3.8, 4) is 11.5 Å². The molecule has 0 radical (unpaired) electrons. The Hall–Kier alpha value is -2.43. The maximum atomic E-state index is 4.68. The molecule has 0 atom stereocenters. The molecule has 0 aliphatic carbocycles. The van der Waals surface area contributed by atoms with Gasteiger partial charge in [0.1, 0.15) is 5.82 Å². The smallest absolute Gasteiger partial charge is 0.165 e. The summed E-state index contributed by atoms with van der Waals surface area (Å²) in [4.78, 5) is 13.9. The molecular formula is C17H21N5. The quantitative estimate of drug-likeness (QED) is 0.782. The van der Waals surface area contributed by atoms with Gasteiger partial charge in [0.2, 0.25) is 0 Å². The number of hydrogen-bond donors (Lipinski definition) is 1. The van der Waals surface area contributed by atoms with Gasteiger partial charge in [0, 0.05) is 19.0 Å². The molecule has 1 aromatic carbocycles. The fourth-order valence-corrected chi connectivity index (χ4v) is 2.35. The van der Waals surface area contributed by atoms with E-state index in [2.05, 4.69) is 53.2 Å². The average Bonchev–Trinajstić information content (AvgIpc) is 2.99. The molecule has 0 fully saturated rings. The average molecular weight is 295 g/mol. The number of nitrogens with one attached hydrogen (secondary N) is 1. The summed E-state index contributed by atoms with van der Waals surface area (Å²) in [5.74, 6) is 2.87. The molecule has 2 heterocycles. The first-order valence-electron chi connectivity index (χ1n) is 7.69. The van der Waals surface area contributed by atoms with Crippen LogP contribution in [0.25, 0.3) is 11.5 Å². The molecule has 1 N–H and O–H groups in total. The summed E-state index contributed by atoms with van der Waals surface area (Å²) in [6.07, 6.45) is 1.83. The van der Waals surface area contributed by atoms with Crippen molar-refractivity contribution in [2.24, 2.45) is 0 Å². The van der Waals surface area contributed by atoms with E-state index in [1.807, 2.05) is 29.1 Å². The topological polar surface area (TPSA) is 55.6 Å². The molecular weight excluding hydrogens is 274 g/mol. The Kier molecular flexibility index (Phi) is 4.04. The molecule has 1 aromatic rings. The van der Waals surface area contributed by atoms with Gasteiger partial charge in [0.15, 0.2) is 17.3 Å². The Bertz CT molecular complexity index is 717. The maximum Gasteiger partial charge on any atom is 0.165 e. The van der Waals surface area contributed by atoms with E-state index in [0.717, 1.165) is 36.3 Å². The van der Waals surface area contributed by atoms with Crippen LogP contribution in [0.1, 0.15) is 38.1 Å². The van der Waals surface area contributed by atoms with Gasteiger partial charge < -0.3 is 9.88 Å². The van der Waals surface area contributed by atoms with Crippen molar-refractivity contribution in [3.05, 3.63) is 48.0 Å². The Morgan fingerprint density at radius 1 is 1.14 bits per heavy atom. The van der Waals surface area contributed by atoms with E-state index in [4.69, 9.17) is 0 Å². The molecule has 0 aromatic heterocycles. The van der Waals surface area contributed by atoms with Gasteiger partial charge in [0.05, 0.1) is 6.33 Å². The zero-order chi connectivity index (χ0) is 15.5. The fraction of sp³-hybridized carbons (Fsp3) is 0.353. The molecule has 5 nitrogen and oxygen atoms in total. The Labute approximate surface area is 130 Å². The summed E-state index contributed by atoms with van der Waals surface area (Å²) >= 11 is 0. The number of anilines is 1. The predicted octanol–water partition coefficient (Wildman–Crippen LogP) is 3.53. The molecule has 2 aliphatic rings. The molecule has 0 unspecified atom stereocenters. The van der Waals surface area contributed by atoms with Crippen molar-refractivity contribution >= 4 is 5.82 Å². The van der Waals surface area contributed by atoms with Crippen LogP contribution in [0.5, 0.6) is 0 Å². The van der Waals surface area contributed by atoms with Crippen LogP contribution in [-0.4, -0.2) is 19.5 Å². The van der Waals surface area contributed by atoms with Gasteiger partial charge in [-0.05, 0) is 12.5 Å². The summed E-state index contributed by atoms with van der Waals surface area (Å²) < 4.78 is 2.03. The maximum absolute atomic E-state index is 4.68. The van der Waals surface area contributed by atoms with Gasteiger partial charge in [0.25, 0.3) is 0 Å². The summed E-state index contributed by atoms with van der Waals surface area (Å²) in [6.45, 7) is 7.85. The number of rotatable bonds is 5. The Morgan fingerprint density at radius 2 is 1.91 bits per heavy atom. The van der Waals surface area contributed by atoms with Crippen molar-refractivity contribution in [1.82, 2.24) is 19.5 Å².